The molecule has 1 aromatic heterocycles. The molecule has 1 aromatic carbocycles. The minimum absolute atomic E-state index is 0.105. The highest BCUT2D eigenvalue weighted by atomic mass is 16.2. The van der Waals surface area contributed by atoms with Gasteiger partial charge in [-0.2, -0.15) is 0 Å². The third-order valence-corrected chi connectivity index (χ3v) is 3.12. The van der Waals surface area contributed by atoms with Crippen molar-refractivity contribution in [1.82, 2.24) is 10.3 Å². The average molecular weight is 312 g/mol. The summed E-state index contributed by atoms with van der Waals surface area (Å²) in [7, 11) is 0. The number of nitrogens with one attached hydrogen (secondary N) is 1. The molecular weight excluding hydrogens is 284 g/mol. The Hall–Kier alpha value is -2.16. The smallest absolute Gasteiger partial charge is 0.270 e. The Morgan fingerprint density at radius 1 is 1.00 bits per heavy atom. The minimum Gasteiger partial charge on any atom is -0.346 e. The zero-order chi connectivity index (χ0) is 17.3. The van der Waals surface area contributed by atoms with Gasteiger partial charge >= 0.3 is 0 Å². The second-order valence-electron chi connectivity index (χ2n) is 6.20. The fourth-order valence-electron chi connectivity index (χ4n) is 2.17. The van der Waals surface area contributed by atoms with Crippen LogP contribution in [0.2, 0.25) is 0 Å². The summed E-state index contributed by atoms with van der Waals surface area (Å²) in [5.74, 6) is -0.105. The maximum absolute atomic E-state index is 12.3. The first-order valence-electron chi connectivity index (χ1n) is 8.26. The molecule has 0 radical (unpaired) electrons. The monoisotopic (exact) mass is 312 g/mol. The third-order valence-electron chi connectivity index (χ3n) is 3.12. The molecule has 23 heavy (non-hydrogen) atoms. The van der Waals surface area contributed by atoms with Crippen molar-refractivity contribution in [2.24, 2.45) is 0 Å². The molecule has 0 aliphatic carbocycles. The van der Waals surface area contributed by atoms with Gasteiger partial charge in [0, 0.05) is 11.7 Å². The van der Waals surface area contributed by atoms with E-state index in [2.05, 4.69) is 22.4 Å². The molecule has 1 N–H and O–H groups in total. The van der Waals surface area contributed by atoms with Gasteiger partial charge in [0.15, 0.2) is 0 Å². The number of carbonyl (C=O) groups excluding carboxylic acids is 1. The van der Waals surface area contributed by atoms with Gasteiger partial charge in [-0.1, -0.05) is 50.2 Å². The van der Waals surface area contributed by atoms with E-state index in [1.165, 1.54) is 5.56 Å². The van der Waals surface area contributed by atoms with E-state index in [1.54, 1.807) is 6.20 Å². The van der Waals surface area contributed by atoms with E-state index < -0.39 is 0 Å². The molecule has 2 rings (SSSR count). The van der Waals surface area contributed by atoms with Crippen LogP contribution < -0.4 is 5.32 Å². The maximum Gasteiger partial charge on any atom is 0.270 e. The zero-order valence-corrected chi connectivity index (χ0v) is 14.9. The number of hydrogen-bond acceptors (Lipinski definition) is 2. The van der Waals surface area contributed by atoms with E-state index in [0.29, 0.717) is 5.69 Å². The van der Waals surface area contributed by atoms with Crippen molar-refractivity contribution in [3.63, 3.8) is 0 Å². The lowest BCUT2D eigenvalue weighted by Gasteiger charge is -2.21. The van der Waals surface area contributed by atoms with Crippen LogP contribution in [0.15, 0.2) is 48.7 Å². The van der Waals surface area contributed by atoms with Crippen molar-refractivity contribution in [3.05, 3.63) is 65.5 Å². The van der Waals surface area contributed by atoms with Gasteiger partial charge in [-0.15, -0.1) is 0 Å². The lowest BCUT2D eigenvalue weighted by molar-refractivity contribution is 0.0913. The summed E-state index contributed by atoms with van der Waals surface area (Å²) in [5, 5.41) is 2.97. The lowest BCUT2D eigenvalue weighted by Crippen LogP contribution is -2.41. The average Bonchev–Trinajstić information content (AvgIpc) is 2.54. The molecule has 0 saturated heterocycles. The van der Waals surface area contributed by atoms with Gasteiger partial charge in [0.05, 0.1) is 0 Å². The number of amides is 1. The Bertz CT molecular complexity index is 601. The van der Waals surface area contributed by atoms with Crippen molar-refractivity contribution >= 4 is 5.91 Å². The summed E-state index contributed by atoms with van der Waals surface area (Å²) >= 11 is 0. The molecule has 0 spiro atoms. The summed E-state index contributed by atoms with van der Waals surface area (Å²) in [6.45, 7) is 9.91. The Morgan fingerprint density at radius 3 is 2.26 bits per heavy atom. The second-order valence-corrected chi connectivity index (χ2v) is 6.20. The van der Waals surface area contributed by atoms with Crippen LogP contribution in [0.5, 0.6) is 0 Å². The van der Waals surface area contributed by atoms with Crippen LogP contribution in [0, 0.1) is 0 Å². The maximum atomic E-state index is 12.3. The molecule has 0 saturated carbocycles. The summed E-state index contributed by atoms with van der Waals surface area (Å²) in [5.41, 5.74) is 2.53. The van der Waals surface area contributed by atoms with E-state index in [9.17, 15) is 4.79 Å². The number of hydrogen-bond donors (Lipinski definition) is 1. The molecule has 124 valence electrons. The van der Waals surface area contributed by atoms with E-state index >= 15 is 0 Å². The van der Waals surface area contributed by atoms with Gasteiger partial charge in [0.1, 0.15) is 5.69 Å². The molecule has 1 heterocycles. The second kappa shape index (κ2) is 9.09. The molecule has 0 unspecified atom stereocenters. The number of rotatable bonds is 4. The Morgan fingerprint density at radius 2 is 1.65 bits per heavy atom. The van der Waals surface area contributed by atoms with Gasteiger partial charge in [-0.3, -0.25) is 9.78 Å². The van der Waals surface area contributed by atoms with E-state index in [-0.39, 0.29) is 11.4 Å². The molecule has 2 aromatic rings. The SMILES string of the molecule is CC.CC(C)(C)NC(=O)c1ncccc1CCc1ccccc1. The van der Waals surface area contributed by atoms with Crippen molar-refractivity contribution < 1.29 is 4.79 Å². The predicted molar refractivity (Wildman–Crippen MR) is 96.7 cm³/mol. The fourth-order valence-corrected chi connectivity index (χ4v) is 2.17. The highest BCUT2D eigenvalue weighted by Crippen LogP contribution is 2.12. The number of nitrogens with zero attached hydrogens (tertiary/aromatic N) is 1. The van der Waals surface area contributed by atoms with E-state index in [0.717, 1.165) is 18.4 Å². The highest BCUT2D eigenvalue weighted by Gasteiger charge is 2.18. The topological polar surface area (TPSA) is 42.0 Å². The number of pyridine rings is 1. The molecule has 3 nitrogen and oxygen atoms in total. The van der Waals surface area contributed by atoms with E-state index in [4.69, 9.17) is 0 Å². The van der Waals surface area contributed by atoms with Crippen LogP contribution in [0.1, 0.15) is 56.2 Å². The standard InChI is InChI=1S/C18H22N2O.C2H6/c1-18(2,3)20-17(21)16-15(10-7-13-19-16)12-11-14-8-5-4-6-9-14;1-2/h4-10,13H,11-12H2,1-3H3,(H,20,21);1-2H3. The van der Waals surface area contributed by atoms with Gasteiger partial charge in [-0.25, -0.2) is 0 Å². The molecule has 0 fully saturated rings. The van der Waals surface area contributed by atoms with Crippen LogP contribution in [0.4, 0.5) is 0 Å². The van der Waals surface area contributed by atoms with Crippen molar-refractivity contribution in [2.75, 3.05) is 0 Å². The quantitative estimate of drug-likeness (QED) is 0.908. The van der Waals surface area contributed by atoms with Crippen LogP contribution in [-0.2, 0) is 12.8 Å². The predicted octanol–water partition coefficient (Wildman–Crippen LogP) is 4.42. The van der Waals surface area contributed by atoms with Gasteiger partial charge in [0.2, 0.25) is 0 Å². The van der Waals surface area contributed by atoms with Crippen molar-refractivity contribution in [2.45, 2.75) is 53.0 Å². The first-order valence-corrected chi connectivity index (χ1v) is 8.26. The normalized spacial score (nSPS) is 10.5. The molecule has 0 bridgehead atoms. The molecule has 3 heteroatoms. The zero-order valence-electron chi connectivity index (χ0n) is 14.9. The van der Waals surface area contributed by atoms with Crippen LogP contribution in [-0.4, -0.2) is 16.4 Å². The van der Waals surface area contributed by atoms with E-state index in [1.807, 2.05) is 65.0 Å². The first kappa shape index (κ1) is 18.9. The van der Waals surface area contributed by atoms with Gasteiger partial charge in [-0.05, 0) is 50.8 Å². The number of benzene rings is 1. The van der Waals surface area contributed by atoms with Gasteiger partial charge in [0.25, 0.3) is 5.91 Å². The summed E-state index contributed by atoms with van der Waals surface area (Å²) in [6, 6.07) is 14.1. The van der Waals surface area contributed by atoms with Crippen LogP contribution in [0.3, 0.4) is 0 Å². The van der Waals surface area contributed by atoms with Crippen LogP contribution >= 0.6 is 0 Å². The summed E-state index contributed by atoms with van der Waals surface area (Å²) in [4.78, 5) is 16.6. The Kier molecular flexibility index (Phi) is 7.46. The Labute approximate surface area is 140 Å². The number of aryl methyl sites for hydroxylation is 2. The number of carbonyl (C=O) groups is 1. The van der Waals surface area contributed by atoms with Crippen LogP contribution in [0.25, 0.3) is 0 Å². The summed E-state index contributed by atoms with van der Waals surface area (Å²) < 4.78 is 0. The Balaban J connectivity index is 0.00000127. The van der Waals surface area contributed by atoms with Gasteiger partial charge < -0.3 is 5.32 Å². The molecule has 0 aliphatic heterocycles. The summed E-state index contributed by atoms with van der Waals surface area (Å²) in [6.07, 6.45) is 3.39. The molecule has 0 atom stereocenters. The molecule has 0 aliphatic rings. The van der Waals surface area contributed by atoms with Crippen molar-refractivity contribution in [3.8, 4) is 0 Å². The molecular formula is C20H28N2O. The molecule has 1 amide bonds. The first-order chi connectivity index (χ1) is 11.0. The highest BCUT2D eigenvalue weighted by molar-refractivity contribution is 5.94. The minimum atomic E-state index is -0.259. The van der Waals surface area contributed by atoms with Crippen molar-refractivity contribution in [1.29, 1.82) is 0 Å². The lowest BCUT2D eigenvalue weighted by atomic mass is 10.0. The largest absolute Gasteiger partial charge is 0.346 e. The third kappa shape index (κ3) is 6.64. The number of aromatic nitrogens is 1. The fraction of sp³-hybridized carbons (Fsp3) is 0.400.